The lowest BCUT2D eigenvalue weighted by molar-refractivity contribution is -0.148. The van der Waals surface area contributed by atoms with Crippen molar-refractivity contribution in [3.05, 3.63) is 48.0 Å². The minimum atomic E-state index is -4.41. The number of alkyl halides is 3. The van der Waals surface area contributed by atoms with E-state index in [0.29, 0.717) is 5.39 Å². The Morgan fingerprint density at radius 3 is 2.18 bits per heavy atom. The second-order valence-electron chi connectivity index (χ2n) is 3.59. The first-order chi connectivity index (χ1) is 7.50. The Morgan fingerprint density at radius 2 is 1.53 bits per heavy atom. The summed E-state index contributed by atoms with van der Waals surface area (Å²) in [5.41, 5.74) is 5.33. The predicted octanol–water partition coefficient (Wildman–Crippen LogP) is 3.82. The third kappa shape index (κ3) is 2.70. The molecule has 0 spiro atoms. The maximum Gasteiger partial charge on any atom is 0.407 e. The van der Waals surface area contributed by atoms with Crippen molar-refractivity contribution in [3.63, 3.8) is 0 Å². The lowest BCUT2D eigenvalue weighted by Crippen LogP contribution is -2.28. The monoisotopic (exact) mass is 261 g/mol. The Kier molecular flexibility index (Phi) is 4.01. The molecule has 2 N–H and O–H groups in total. The first-order valence-electron chi connectivity index (χ1n) is 4.80. The van der Waals surface area contributed by atoms with Crippen molar-refractivity contribution in [2.75, 3.05) is 0 Å². The molecule has 1 nitrogen and oxygen atoms in total. The van der Waals surface area contributed by atoms with Crippen molar-refractivity contribution < 1.29 is 13.2 Å². The second-order valence-corrected chi connectivity index (χ2v) is 3.59. The van der Waals surface area contributed by atoms with Gasteiger partial charge < -0.3 is 5.73 Å². The molecule has 2 aromatic carbocycles. The van der Waals surface area contributed by atoms with Gasteiger partial charge in [-0.25, -0.2) is 0 Å². The number of rotatable bonds is 1. The molecule has 1 atom stereocenters. The molecular weight excluding hydrogens is 251 g/mol. The van der Waals surface area contributed by atoms with Crippen molar-refractivity contribution in [1.29, 1.82) is 0 Å². The molecule has 0 fully saturated rings. The van der Waals surface area contributed by atoms with Crippen LogP contribution in [0.1, 0.15) is 11.6 Å². The first kappa shape index (κ1) is 13.8. The summed E-state index contributed by atoms with van der Waals surface area (Å²) in [5, 5.41) is 1.31. The van der Waals surface area contributed by atoms with E-state index in [2.05, 4.69) is 0 Å². The van der Waals surface area contributed by atoms with Gasteiger partial charge in [0.1, 0.15) is 6.04 Å². The minimum absolute atomic E-state index is 0. The Morgan fingerprint density at radius 1 is 0.941 bits per heavy atom. The molecule has 0 aliphatic carbocycles. The highest BCUT2D eigenvalue weighted by Gasteiger charge is 2.38. The Balaban J connectivity index is 0.00000144. The molecule has 0 radical (unpaired) electrons. The van der Waals surface area contributed by atoms with Crippen molar-refractivity contribution in [2.45, 2.75) is 12.2 Å². The zero-order valence-corrected chi connectivity index (χ0v) is 9.55. The van der Waals surface area contributed by atoms with E-state index in [1.165, 1.54) is 6.07 Å². The summed E-state index contributed by atoms with van der Waals surface area (Å²) in [5.74, 6) is 0. The van der Waals surface area contributed by atoms with Gasteiger partial charge in [-0.15, -0.1) is 12.4 Å². The van der Waals surface area contributed by atoms with E-state index in [1.54, 1.807) is 36.4 Å². The Labute approximate surface area is 103 Å². The number of benzene rings is 2. The topological polar surface area (TPSA) is 26.0 Å². The molecule has 0 saturated carbocycles. The van der Waals surface area contributed by atoms with Gasteiger partial charge in [-0.3, -0.25) is 0 Å². The van der Waals surface area contributed by atoms with Crippen LogP contribution >= 0.6 is 12.4 Å². The summed E-state index contributed by atoms with van der Waals surface area (Å²) >= 11 is 0. The van der Waals surface area contributed by atoms with E-state index >= 15 is 0 Å². The molecule has 0 amide bonds. The van der Waals surface area contributed by atoms with Crippen LogP contribution in [0.5, 0.6) is 0 Å². The van der Waals surface area contributed by atoms with Crippen LogP contribution in [0.3, 0.4) is 0 Å². The molecule has 2 rings (SSSR count). The van der Waals surface area contributed by atoms with Crippen LogP contribution in [0.15, 0.2) is 42.5 Å². The maximum absolute atomic E-state index is 12.5. The number of fused-ring (bicyclic) bond motifs is 1. The predicted molar refractivity (Wildman–Crippen MR) is 64.2 cm³/mol. The van der Waals surface area contributed by atoms with Gasteiger partial charge in [0.25, 0.3) is 0 Å². The average molecular weight is 262 g/mol. The third-order valence-electron chi connectivity index (χ3n) is 2.51. The van der Waals surface area contributed by atoms with E-state index in [9.17, 15) is 13.2 Å². The van der Waals surface area contributed by atoms with Gasteiger partial charge in [-0.2, -0.15) is 13.2 Å². The summed E-state index contributed by atoms with van der Waals surface area (Å²) in [6, 6.07) is 9.74. The van der Waals surface area contributed by atoms with Crippen LogP contribution in [0.2, 0.25) is 0 Å². The summed E-state index contributed by atoms with van der Waals surface area (Å²) < 4.78 is 37.6. The highest BCUT2D eigenvalue weighted by atomic mass is 35.5. The smallest absolute Gasteiger partial charge is 0.316 e. The largest absolute Gasteiger partial charge is 0.407 e. The molecule has 92 valence electrons. The SMILES string of the molecule is Cl.N[C@H](c1cccc2ccccc12)C(F)(F)F. The van der Waals surface area contributed by atoms with E-state index in [-0.39, 0.29) is 18.0 Å². The fraction of sp³-hybridized carbons (Fsp3) is 0.167. The van der Waals surface area contributed by atoms with Gasteiger partial charge in [0.15, 0.2) is 0 Å². The lowest BCUT2D eigenvalue weighted by atomic mass is 9.99. The molecular formula is C12H11ClF3N. The quantitative estimate of drug-likeness (QED) is 0.830. The van der Waals surface area contributed by atoms with E-state index in [1.807, 2.05) is 0 Å². The first-order valence-corrected chi connectivity index (χ1v) is 4.80. The second kappa shape index (κ2) is 4.94. The van der Waals surface area contributed by atoms with Crippen LogP contribution in [0.4, 0.5) is 13.2 Å². The van der Waals surface area contributed by atoms with Crippen LogP contribution in [-0.4, -0.2) is 6.18 Å². The molecule has 0 aliphatic rings. The van der Waals surface area contributed by atoms with E-state index in [4.69, 9.17) is 5.73 Å². The Hall–Kier alpha value is -1.26. The van der Waals surface area contributed by atoms with Gasteiger partial charge in [0.2, 0.25) is 0 Å². The van der Waals surface area contributed by atoms with E-state index in [0.717, 1.165) is 5.39 Å². The molecule has 2 aromatic rings. The molecule has 17 heavy (non-hydrogen) atoms. The van der Waals surface area contributed by atoms with Gasteiger partial charge in [0, 0.05) is 0 Å². The molecule has 0 unspecified atom stereocenters. The molecule has 0 aliphatic heterocycles. The molecule has 0 saturated heterocycles. The number of nitrogens with two attached hydrogens (primary N) is 1. The third-order valence-corrected chi connectivity index (χ3v) is 2.51. The molecule has 0 aromatic heterocycles. The van der Waals surface area contributed by atoms with Crippen LogP contribution in [0.25, 0.3) is 10.8 Å². The highest BCUT2D eigenvalue weighted by Crippen LogP contribution is 2.34. The van der Waals surface area contributed by atoms with Crippen LogP contribution in [0, 0.1) is 0 Å². The Bertz CT molecular complexity index is 505. The number of halogens is 4. The van der Waals surface area contributed by atoms with E-state index < -0.39 is 12.2 Å². The van der Waals surface area contributed by atoms with Gasteiger partial charge >= 0.3 is 6.18 Å². The summed E-state index contributed by atoms with van der Waals surface area (Å²) in [7, 11) is 0. The summed E-state index contributed by atoms with van der Waals surface area (Å²) in [6.45, 7) is 0. The van der Waals surface area contributed by atoms with Crippen molar-refractivity contribution in [1.82, 2.24) is 0 Å². The minimum Gasteiger partial charge on any atom is -0.316 e. The molecule has 0 heterocycles. The summed E-state index contributed by atoms with van der Waals surface area (Å²) in [4.78, 5) is 0. The zero-order valence-electron chi connectivity index (χ0n) is 8.74. The number of hydrogen-bond acceptors (Lipinski definition) is 1. The van der Waals surface area contributed by atoms with Crippen LogP contribution in [-0.2, 0) is 0 Å². The molecule has 5 heteroatoms. The normalized spacial score (nSPS) is 13.2. The number of hydrogen-bond donors (Lipinski definition) is 1. The zero-order chi connectivity index (χ0) is 11.8. The van der Waals surface area contributed by atoms with Crippen LogP contribution < -0.4 is 5.73 Å². The lowest BCUT2D eigenvalue weighted by Gasteiger charge is -2.17. The fourth-order valence-corrected chi connectivity index (χ4v) is 1.70. The van der Waals surface area contributed by atoms with Gasteiger partial charge in [0.05, 0.1) is 0 Å². The average Bonchev–Trinajstić information content (AvgIpc) is 2.26. The van der Waals surface area contributed by atoms with Gasteiger partial charge in [-0.1, -0.05) is 42.5 Å². The van der Waals surface area contributed by atoms with Crippen molar-refractivity contribution >= 4 is 23.2 Å². The highest BCUT2D eigenvalue weighted by molar-refractivity contribution is 5.86. The maximum atomic E-state index is 12.5. The standard InChI is InChI=1S/C12H10F3N.ClH/c13-12(14,15)11(16)10-7-3-5-8-4-1-2-6-9(8)10;/h1-7,11H,16H2;1H/t11-;/m1./s1. The van der Waals surface area contributed by atoms with Gasteiger partial charge in [-0.05, 0) is 16.3 Å². The van der Waals surface area contributed by atoms with Crippen molar-refractivity contribution in [2.24, 2.45) is 5.73 Å². The molecule has 0 bridgehead atoms. The summed E-state index contributed by atoms with van der Waals surface area (Å²) in [6.07, 6.45) is -4.41. The van der Waals surface area contributed by atoms with Crippen molar-refractivity contribution in [3.8, 4) is 0 Å². The fourth-order valence-electron chi connectivity index (χ4n) is 1.70.